The van der Waals surface area contributed by atoms with Gasteiger partial charge in [-0.05, 0) is 62.3 Å². The van der Waals surface area contributed by atoms with Gasteiger partial charge in [-0.15, -0.1) is 0 Å². The molecule has 3 rings (SSSR count). The fourth-order valence-corrected chi connectivity index (χ4v) is 4.86. The van der Waals surface area contributed by atoms with Crippen molar-refractivity contribution in [3.63, 3.8) is 0 Å². The largest absolute Gasteiger partial charge is 0.494 e. The molecule has 2 saturated carbocycles. The zero-order valence-corrected chi connectivity index (χ0v) is 12.5. The number of ether oxygens (including phenoxy) is 1. The second-order valence-electron chi connectivity index (χ2n) is 5.81. The molecule has 2 fully saturated rings. The van der Waals surface area contributed by atoms with Crippen molar-refractivity contribution in [3.8, 4) is 5.75 Å². The van der Waals surface area contributed by atoms with Crippen LogP contribution in [0.15, 0.2) is 29.2 Å². The number of fused-ring (bicyclic) bond motifs is 2. The van der Waals surface area contributed by atoms with Crippen molar-refractivity contribution < 1.29 is 13.2 Å². The average molecular weight is 295 g/mol. The summed E-state index contributed by atoms with van der Waals surface area (Å²) in [4.78, 5) is 0.323. The van der Waals surface area contributed by atoms with Crippen molar-refractivity contribution in [1.82, 2.24) is 4.72 Å². The van der Waals surface area contributed by atoms with E-state index in [1.54, 1.807) is 24.3 Å². The monoisotopic (exact) mass is 295 g/mol. The molecule has 0 aromatic heterocycles. The third-order valence-electron chi connectivity index (χ3n) is 4.49. The summed E-state index contributed by atoms with van der Waals surface area (Å²) >= 11 is 0. The molecule has 0 saturated heterocycles. The fraction of sp³-hybridized carbons (Fsp3) is 0.600. The highest BCUT2D eigenvalue weighted by Gasteiger charge is 2.41. The van der Waals surface area contributed by atoms with Crippen molar-refractivity contribution in [3.05, 3.63) is 24.3 Å². The van der Waals surface area contributed by atoms with Crippen LogP contribution in [-0.4, -0.2) is 21.1 Å². The third kappa shape index (κ3) is 2.69. The Kier molecular flexibility index (Phi) is 3.73. The molecule has 0 unspecified atom stereocenters. The van der Waals surface area contributed by atoms with Crippen LogP contribution in [0.5, 0.6) is 5.75 Å². The van der Waals surface area contributed by atoms with E-state index in [0.717, 1.165) is 12.3 Å². The quantitative estimate of drug-likeness (QED) is 0.908. The number of benzene rings is 1. The Labute approximate surface area is 120 Å². The van der Waals surface area contributed by atoms with Gasteiger partial charge in [0.1, 0.15) is 5.75 Å². The maximum atomic E-state index is 12.4. The Balaban J connectivity index is 1.71. The van der Waals surface area contributed by atoms with Crippen LogP contribution >= 0.6 is 0 Å². The molecule has 1 N–H and O–H groups in total. The Morgan fingerprint density at radius 2 is 1.95 bits per heavy atom. The van der Waals surface area contributed by atoms with E-state index >= 15 is 0 Å². The summed E-state index contributed by atoms with van der Waals surface area (Å²) in [7, 11) is -3.40. The predicted octanol–water partition coefficient (Wildman–Crippen LogP) is 2.55. The topological polar surface area (TPSA) is 55.4 Å². The van der Waals surface area contributed by atoms with Crippen LogP contribution in [0.4, 0.5) is 0 Å². The maximum Gasteiger partial charge on any atom is 0.240 e. The Morgan fingerprint density at radius 3 is 2.50 bits per heavy atom. The SMILES string of the molecule is CCOc1ccc(S(=O)(=O)N[C@@H]2C[C@@H]3CC[C@@H]2C3)cc1. The fourth-order valence-electron chi connectivity index (χ4n) is 3.54. The number of nitrogens with one attached hydrogen (secondary N) is 1. The molecule has 2 aliphatic rings. The van der Waals surface area contributed by atoms with Gasteiger partial charge in [0, 0.05) is 6.04 Å². The molecule has 0 amide bonds. The highest BCUT2D eigenvalue weighted by atomic mass is 32.2. The number of hydrogen-bond acceptors (Lipinski definition) is 3. The lowest BCUT2D eigenvalue weighted by molar-refractivity contribution is 0.340. The van der Waals surface area contributed by atoms with E-state index in [9.17, 15) is 8.42 Å². The molecule has 3 atom stereocenters. The van der Waals surface area contributed by atoms with E-state index in [-0.39, 0.29) is 6.04 Å². The summed E-state index contributed by atoms with van der Waals surface area (Å²) in [5.41, 5.74) is 0. The molecule has 1 aromatic rings. The first-order chi connectivity index (χ1) is 9.58. The summed E-state index contributed by atoms with van der Waals surface area (Å²) in [6.45, 7) is 2.48. The Morgan fingerprint density at radius 1 is 1.20 bits per heavy atom. The van der Waals surface area contributed by atoms with Gasteiger partial charge in [0.2, 0.25) is 10.0 Å². The first-order valence-electron chi connectivity index (χ1n) is 7.33. The molecule has 4 nitrogen and oxygen atoms in total. The van der Waals surface area contributed by atoms with Crippen LogP contribution in [0.25, 0.3) is 0 Å². The Hall–Kier alpha value is -1.07. The molecule has 0 spiro atoms. The lowest BCUT2D eigenvalue weighted by Gasteiger charge is -2.22. The summed E-state index contributed by atoms with van der Waals surface area (Å²) in [6, 6.07) is 6.77. The standard InChI is InChI=1S/C15H21NO3S/c1-2-19-13-5-7-14(8-6-13)20(17,18)16-15-10-11-3-4-12(15)9-11/h5-8,11-12,15-16H,2-4,9-10H2,1H3/t11-,12-,15-/m1/s1. The van der Waals surface area contributed by atoms with Crippen molar-refractivity contribution >= 4 is 10.0 Å². The van der Waals surface area contributed by atoms with Crippen LogP contribution in [0.3, 0.4) is 0 Å². The van der Waals surface area contributed by atoms with Gasteiger partial charge in [0.05, 0.1) is 11.5 Å². The first kappa shape index (κ1) is 13.9. The average Bonchev–Trinajstić information content (AvgIpc) is 3.01. The number of rotatable bonds is 5. The van der Waals surface area contributed by atoms with Crippen LogP contribution in [0.2, 0.25) is 0 Å². The molecular weight excluding hydrogens is 274 g/mol. The molecule has 0 radical (unpaired) electrons. The van der Waals surface area contributed by atoms with E-state index in [0.29, 0.717) is 23.2 Å². The minimum atomic E-state index is -3.40. The van der Waals surface area contributed by atoms with Gasteiger partial charge in [0.15, 0.2) is 0 Å². The van der Waals surface area contributed by atoms with Crippen molar-refractivity contribution in [2.24, 2.45) is 11.8 Å². The van der Waals surface area contributed by atoms with Crippen molar-refractivity contribution in [2.45, 2.75) is 43.5 Å². The van der Waals surface area contributed by atoms with Gasteiger partial charge in [-0.2, -0.15) is 0 Å². The highest BCUT2D eigenvalue weighted by molar-refractivity contribution is 7.89. The zero-order valence-electron chi connectivity index (χ0n) is 11.7. The summed E-state index contributed by atoms with van der Waals surface area (Å²) in [6.07, 6.45) is 4.63. The normalized spacial score (nSPS) is 28.8. The van der Waals surface area contributed by atoms with Crippen LogP contribution in [0.1, 0.15) is 32.6 Å². The summed E-state index contributed by atoms with van der Waals surface area (Å²) in [5.74, 6) is 1.97. The smallest absolute Gasteiger partial charge is 0.240 e. The maximum absolute atomic E-state index is 12.4. The molecule has 1 aromatic carbocycles. The van der Waals surface area contributed by atoms with Gasteiger partial charge in [-0.1, -0.05) is 6.42 Å². The van der Waals surface area contributed by atoms with Crippen molar-refractivity contribution in [2.75, 3.05) is 6.61 Å². The molecule has 110 valence electrons. The second-order valence-corrected chi connectivity index (χ2v) is 7.52. The van der Waals surface area contributed by atoms with Crippen LogP contribution < -0.4 is 9.46 Å². The molecule has 0 aliphatic heterocycles. The molecule has 0 heterocycles. The summed E-state index contributed by atoms with van der Waals surface area (Å²) in [5, 5.41) is 0. The van der Waals surface area contributed by atoms with Gasteiger partial charge in [-0.25, -0.2) is 13.1 Å². The van der Waals surface area contributed by atoms with E-state index in [4.69, 9.17) is 4.74 Å². The van der Waals surface area contributed by atoms with Crippen LogP contribution in [0, 0.1) is 11.8 Å². The lowest BCUT2D eigenvalue weighted by Crippen LogP contribution is -2.38. The predicted molar refractivity (Wildman–Crippen MR) is 77.2 cm³/mol. The van der Waals surface area contributed by atoms with E-state index in [2.05, 4.69) is 4.72 Å². The second kappa shape index (κ2) is 5.37. The molecule has 2 aliphatic carbocycles. The van der Waals surface area contributed by atoms with Gasteiger partial charge in [0.25, 0.3) is 0 Å². The number of hydrogen-bond donors (Lipinski definition) is 1. The van der Waals surface area contributed by atoms with E-state index in [1.807, 2.05) is 6.92 Å². The molecular formula is C15H21NO3S. The molecule has 2 bridgehead atoms. The summed E-state index contributed by atoms with van der Waals surface area (Å²) < 4.78 is 33.0. The van der Waals surface area contributed by atoms with E-state index < -0.39 is 10.0 Å². The van der Waals surface area contributed by atoms with Gasteiger partial charge in [-0.3, -0.25) is 0 Å². The molecule has 5 heteroatoms. The van der Waals surface area contributed by atoms with Crippen molar-refractivity contribution in [1.29, 1.82) is 0 Å². The highest BCUT2D eigenvalue weighted by Crippen LogP contribution is 2.44. The number of sulfonamides is 1. The Bertz CT molecular complexity index is 567. The van der Waals surface area contributed by atoms with Crippen LogP contribution in [-0.2, 0) is 10.0 Å². The lowest BCUT2D eigenvalue weighted by atomic mass is 9.96. The molecule has 20 heavy (non-hydrogen) atoms. The zero-order chi connectivity index (χ0) is 14.2. The minimum absolute atomic E-state index is 0.130. The van der Waals surface area contributed by atoms with Gasteiger partial charge < -0.3 is 4.74 Å². The third-order valence-corrected chi connectivity index (χ3v) is 6.00. The first-order valence-corrected chi connectivity index (χ1v) is 8.82. The van der Waals surface area contributed by atoms with E-state index in [1.165, 1.54) is 19.3 Å². The van der Waals surface area contributed by atoms with Gasteiger partial charge >= 0.3 is 0 Å². The minimum Gasteiger partial charge on any atom is -0.494 e.